The molecular formula is C15H17N5O2. The number of nitrogens with one attached hydrogen (secondary N) is 1. The van der Waals surface area contributed by atoms with Gasteiger partial charge >= 0.3 is 5.69 Å². The minimum Gasteiger partial charge on any atom is -0.337 e. The van der Waals surface area contributed by atoms with Gasteiger partial charge in [-0.25, -0.2) is 14.8 Å². The Bertz CT molecular complexity index is 771. The van der Waals surface area contributed by atoms with Crippen LogP contribution in [-0.2, 0) is 0 Å². The van der Waals surface area contributed by atoms with Crippen LogP contribution in [0.25, 0.3) is 0 Å². The van der Waals surface area contributed by atoms with Crippen LogP contribution >= 0.6 is 0 Å². The summed E-state index contributed by atoms with van der Waals surface area (Å²) in [7, 11) is 0. The number of amides is 1. The molecule has 7 heteroatoms. The number of aromatic nitrogens is 4. The van der Waals surface area contributed by atoms with Crippen molar-refractivity contribution in [2.75, 3.05) is 13.1 Å². The molecule has 2 aromatic heterocycles. The van der Waals surface area contributed by atoms with Crippen LogP contribution in [0.5, 0.6) is 0 Å². The van der Waals surface area contributed by atoms with E-state index in [0.717, 1.165) is 17.9 Å². The van der Waals surface area contributed by atoms with E-state index in [0.29, 0.717) is 18.8 Å². The first-order chi connectivity index (χ1) is 10.5. The first-order valence-electron chi connectivity index (χ1n) is 7.20. The molecule has 1 saturated heterocycles. The summed E-state index contributed by atoms with van der Waals surface area (Å²) < 4.78 is 0. The van der Waals surface area contributed by atoms with Gasteiger partial charge in [0.1, 0.15) is 11.5 Å². The summed E-state index contributed by atoms with van der Waals surface area (Å²) in [6, 6.07) is 3.45. The summed E-state index contributed by atoms with van der Waals surface area (Å²) in [6.07, 6.45) is 2.56. The van der Waals surface area contributed by atoms with E-state index in [1.807, 2.05) is 13.0 Å². The summed E-state index contributed by atoms with van der Waals surface area (Å²) in [5, 5.41) is 0. The van der Waals surface area contributed by atoms with Gasteiger partial charge < -0.3 is 9.88 Å². The smallest absolute Gasteiger partial charge is 0.337 e. The van der Waals surface area contributed by atoms with Crippen LogP contribution in [0.15, 0.2) is 23.1 Å². The maximum atomic E-state index is 12.5. The van der Waals surface area contributed by atoms with Crippen LogP contribution in [0.2, 0.25) is 0 Å². The standard InChI is InChI=1S/C15H17N5O2/c1-9-3-5-16-13(17-9)11-4-6-20(8-11)14(21)12-7-10(2)18-15(22)19-12/h3,5,7,11H,4,6,8H2,1-2H3,(H,18,19,22)/t11-/m0/s1. The average Bonchev–Trinajstić information content (AvgIpc) is 2.95. The Labute approximate surface area is 127 Å². The highest BCUT2D eigenvalue weighted by molar-refractivity contribution is 5.92. The molecule has 3 rings (SSSR count). The molecule has 1 atom stereocenters. The normalized spacial score (nSPS) is 17.7. The van der Waals surface area contributed by atoms with Gasteiger partial charge in [0.15, 0.2) is 0 Å². The average molecular weight is 299 g/mol. The van der Waals surface area contributed by atoms with E-state index in [4.69, 9.17) is 0 Å². The fourth-order valence-corrected chi connectivity index (χ4v) is 2.67. The zero-order valence-corrected chi connectivity index (χ0v) is 12.5. The highest BCUT2D eigenvalue weighted by Crippen LogP contribution is 2.25. The molecule has 1 aliphatic heterocycles. The van der Waals surface area contributed by atoms with E-state index in [9.17, 15) is 9.59 Å². The summed E-state index contributed by atoms with van der Waals surface area (Å²) in [4.78, 5) is 40.6. The first kappa shape index (κ1) is 14.4. The van der Waals surface area contributed by atoms with E-state index in [-0.39, 0.29) is 17.5 Å². The van der Waals surface area contributed by atoms with Gasteiger partial charge in [-0.1, -0.05) is 0 Å². The Balaban J connectivity index is 1.77. The summed E-state index contributed by atoms with van der Waals surface area (Å²) in [6.45, 7) is 4.82. The van der Waals surface area contributed by atoms with Gasteiger partial charge in [0.2, 0.25) is 0 Å². The monoisotopic (exact) mass is 299 g/mol. The van der Waals surface area contributed by atoms with E-state index in [1.54, 1.807) is 24.1 Å². The van der Waals surface area contributed by atoms with Crippen molar-refractivity contribution in [2.45, 2.75) is 26.2 Å². The van der Waals surface area contributed by atoms with Crippen LogP contribution in [0, 0.1) is 13.8 Å². The predicted octanol–water partition coefficient (Wildman–Crippen LogP) is 0.806. The van der Waals surface area contributed by atoms with Crippen LogP contribution in [0.3, 0.4) is 0 Å². The number of hydrogen-bond acceptors (Lipinski definition) is 5. The molecule has 1 fully saturated rings. The van der Waals surface area contributed by atoms with Crippen molar-refractivity contribution >= 4 is 5.91 Å². The molecule has 7 nitrogen and oxygen atoms in total. The van der Waals surface area contributed by atoms with Crippen molar-refractivity contribution in [3.63, 3.8) is 0 Å². The van der Waals surface area contributed by atoms with Crippen molar-refractivity contribution in [3.05, 3.63) is 51.7 Å². The number of H-pyrrole nitrogens is 1. The van der Waals surface area contributed by atoms with Crippen LogP contribution in [0.1, 0.15) is 40.0 Å². The molecule has 1 N–H and O–H groups in total. The number of rotatable bonds is 2. The summed E-state index contributed by atoms with van der Waals surface area (Å²) >= 11 is 0. The molecule has 0 bridgehead atoms. The van der Waals surface area contributed by atoms with Crippen LogP contribution in [0.4, 0.5) is 0 Å². The third-order valence-electron chi connectivity index (χ3n) is 3.75. The SMILES string of the molecule is Cc1ccnc([C@H]2CCN(C(=O)c3cc(C)[nH]c(=O)n3)C2)n1. The van der Waals surface area contributed by atoms with Gasteiger partial charge in [-0.05, 0) is 32.4 Å². The maximum absolute atomic E-state index is 12.5. The third-order valence-corrected chi connectivity index (χ3v) is 3.75. The molecule has 0 aromatic carbocycles. The van der Waals surface area contributed by atoms with Crippen molar-refractivity contribution in [1.82, 2.24) is 24.8 Å². The molecule has 1 aliphatic rings. The molecule has 0 aliphatic carbocycles. The minimum atomic E-state index is -0.499. The largest absolute Gasteiger partial charge is 0.345 e. The molecule has 0 spiro atoms. The van der Waals surface area contributed by atoms with E-state index < -0.39 is 5.69 Å². The fraction of sp³-hybridized carbons (Fsp3) is 0.400. The van der Waals surface area contributed by atoms with Crippen molar-refractivity contribution in [3.8, 4) is 0 Å². The zero-order valence-electron chi connectivity index (χ0n) is 12.5. The first-order valence-corrected chi connectivity index (χ1v) is 7.20. The number of carbonyl (C=O) groups excluding carboxylic acids is 1. The van der Waals surface area contributed by atoms with Gasteiger partial charge in [-0.2, -0.15) is 4.98 Å². The molecule has 1 amide bonds. The highest BCUT2D eigenvalue weighted by atomic mass is 16.2. The number of aromatic amines is 1. The van der Waals surface area contributed by atoms with Gasteiger partial charge in [-0.15, -0.1) is 0 Å². The predicted molar refractivity (Wildman–Crippen MR) is 79.6 cm³/mol. The van der Waals surface area contributed by atoms with Gasteiger partial charge in [0.05, 0.1) is 0 Å². The molecule has 2 aromatic rings. The summed E-state index contributed by atoms with van der Waals surface area (Å²) in [5.41, 5.74) is 1.23. The number of aryl methyl sites for hydroxylation is 2. The number of hydrogen-bond donors (Lipinski definition) is 1. The Morgan fingerprint density at radius 3 is 2.91 bits per heavy atom. The highest BCUT2D eigenvalue weighted by Gasteiger charge is 2.30. The van der Waals surface area contributed by atoms with Crippen molar-refractivity contribution in [2.24, 2.45) is 0 Å². The fourth-order valence-electron chi connectivity index (χ4n) is 2.67. The maximum Gasteiger partial charge on any atom is 0.345 e. The number of nitrogens with zero attached hydrogens (tertiary/aromatic N) is 4. The lowest BCUT2D eigenvalue weighted by molar-refractivity contribution is 0.0784. The second kappa shape index (κ2) is 5.67. The molecule has 3 heterocycles. The topological polar surface area (TPSA) is 91.8 Å². The van der Waals surface area contributed by atoms with E-state index in [2.05, 4.69) is 19.9 Å². The molecular weight excluding hydrogens is 282 g/mol. The third kappa shape index (κ3) is 2.88. The lowest BCUT2D eigenvalue weighted by Crippen LogP contribution is -2.31. The van der Waals surface area contributed by atoms with Crippen molar-refractivity contribution < 1.29 is 4.79 Å². The van der Waals surface area contributed by atoms with Crippen LogP contribution < -0.4 is 5.69 Å². The Morgan fingerprint density at radius 1 is 1.36 bits per heavy atom. The van der Waals surface area contributed by atoms with Gasteiger partial charge in [0, 0.05) is 36.6 Å². The number of likely N-dealkylation sites (tertiary alicyclic amines) is 1. The molecule has 114 valence electrons. The lowest BCUT2D eigenvalue weighted by Gasteiger charge is -2.15. The second-order valence-corrected chi connectivity index (χ2v) is 5.55. The van der Waals surface area contributed by atoms with E-state index in [1.165, 1.54) is 0 Å². The zero-order chi connectivity index (χ0) is 15.7. The van der Waals surface area contributed by atoms with Crippen LogP contribution in [-0.4, -0.2) is 43.8 Å². The van der Waals surface area contributed by atoms with Crippen molar-refractivity contribution in [1.29, 1.82) is 0 Å². The number of carbonyl (C=O) groups is 1. The molecule has 22 heavy (non-hydrogen) atoms. The Hall–Kier alpha value is -2.57. The molecule has 0 radical (unpaired) electrons. The van der Waals surface area contributed by atoms with Gasteiger partial charge in [0.25, 0.3) is 5.91 Å². The molecule has 0 unspecified atom stereocenters. The van der Waals surface area contributed by atoms with E-state index >= 15 is 0 Å². The Morgan fingerprint density at radius 2 is 2.18 bits per heavy atom. The van der Waals surface area contributed by atoms with Gasteiger partial charge in [-0.3, -0.25) is 4.79 Å². The quantitative estimate of drug-likeness (QED) is 0.886. The summed E-state index contributed by atoms with van der Waals surface area (Å²) in [5.74, 6) is 0.682. The molecule has 0 saturated carbocycles. The lowest BCUT2D eigenvalue weighted by atomic mass is 10.1. The minimum absolute atomic E-state index is 0.131. The Kier molecular flexibility index (Phi) is 3.70. The second-order valence-electron chi connectivity index (χ2n) is 5.55.